The van der Waals surface area contributed by atoms with E-state index in [9.17, 15) is 9.50 Å². The van der Waals surface area contributed by atoms with Gasteiger partial charge in [-0.2, -0.15) is 0 Å². The van der Waals surface area contributed by atoms with Crippen LogP contribution in [0.25, 0.3) is 0 Å². The topological polar surface area (TPSA) is 44.7 Å². The number of para-hydroxylation sites is 1. The van der Waals surface area contributed by atoms with Crippen molar-refractivity contribution in [2.45, 2.75) is 19.4 Å². The molecule has 0 amide bonds. The van der Waals surface area contributed by atoms with Crippen LogP contribution in [0.4, 0.5) is 10.1 Å². The number of hydrogen-bond donors (Lipinski definition) is 2. The van der Waals surface area contributed by atoms with Crippen molar-refractivity contribution in [1.29, 1.82) is 0 Å². The van der Waals surface area contributed by atoms with Crippen LogP contribution >= 0.6 is 0 Å². The van der Waals surface area contributed by atoms with Gasteiger partial charge < -0.3 is 20.1 Å². The van der Waals surface area contributed by atoms with E-state index >= 15 is 0 Å². The van der Waals surface area contributed by atoms with Crippen molar-refractivity contribution in [2.75, 3.05) is 44.9 Å². The van der Waals surface area contributed by atoms with Crippen molar-refractivity contribution in [3.8, 4) is 0 Å². The molecule has 0 aromatic heterocycles. The van der Waals surface area contributed by atoms with Gasteiger partial charge in [0.05, 0.1) is 12.3 Å². The van der Waals surface area contributed by atoms with Gasteiger partial charge in [-0.1, -0.05) is 12.1 Å². The van der Waals surface area contributed by atoms with Gasteiger partial charge in [0.1, 0.15) is 5.82 Å². The standard InChI is InChI=1S/C16H25FN2O2/c1-21-9-7-18-10-14-5-2-6-15(17)16(14)19-8-3-4-13(11-19)12-20/h2,5-6,13,18,20H,3-4,7-12H2,1H3. The van der Waals surface area contributed by atoms with E-state index in [0.29, 0.717) is 18.8 Å². The van der Waals surface area contributed by atoms with Crippen LogP contribution in [-0.4, -0.2) is 45.1 Å². The van der Waals surface area contributed by atoms with Gasteiger partial charge in [0.25, 0.3) is 0 Å². The second-order valence-electron chi connectivity index (χ2n) is 5.55. The zero-order valence-electron chi connectivity index (χ0n) is 12.6. The second kappa shape index (κ2) is 8.32. The average Bonchev–Trinajstić information content (AvgIpc) is 2.51. The van der Waals surface area contributed by atoms with Crippen molar-refractivity contribution in [1.82, 2.24) is 5.32 Å². The molecule has 21 heavy (non-hydrogen) atoms. The lowest BCUT2D eigenvalue weighted by Crippen LogP contribution is -2.38. The van der Waals surface area contributed by atoms with Gasteiger partial charge in [-0.25, -0.2) is 4.39 Å². The maximum Gasteiger partial charge on any atom is 0.146 e. The largest absolute Gasteiger partial charge is 0.396 e. The number of rotatable bonds is 7. The number of aliphatic hydroxyl groups is 1. The molecule has 1 atom stereocenters. The van der Waals surface area contributed by atoms with Crippen LogP contribution in [0.1, 0.15) is 18.4 Å². The number of methoxy groups -OCH3 is 1. The minimum atomic E-state index is -0.181. The number of nitrogens with one attached hydrogen (secondary N) is 1. The quantitative estimate of drug-likeness (QED) is 0.753. The normalized spacial score (nSPS) is 19.0. The van der Waals surface area contributed by atoms with Crippen molar-refractivity contribution in [3.63, 3.8) is 0 Å². The molecule has 0 spiro atoms. The Kier molecular flexibility index (Phi) is 6.42. The van der Waals surface area contributed by atoms with Crippen molar-refractivity contribution >= 4 is 5.69 Å². The third kappa shape index (κ3) is 4.40. The Morgan fingerprint density at radius 1 is 1.48 bits per heavy atom. The summed E-state index contributed by atoms with van der Waals surface area (Å²) in [5, 5.41) is 12.6. The Balaban J connectivity index is 2.09. The maximum absolute atomic E-state index is 14.3. The van der Waals surface area contributed by atoms with Crippen molar-refractivity contribution in [3.05, 3.63) is 29.6 Å². The Labute approximate surface area is 125 Å². The first-order valence-electron chi connectivity index (χ1n) is 7.59. The first kappa shape index (κ1) is 16.2. The van der Waals surface area contributed by atoms with E-state index < -0.39 is 0 Å². The summed E-state index contributed by atoms with van der Waals surface area (Å²) in [6, 6.07) is 5.22. The van der Waals surface area contributed by atoms with E-state index in [1.54, 1.807) is 13.2 Å². The third-order valence-corrected chi connectivity index (χ3v) is 3.96. The zero-order chi connectivity index (χ0) is 15.1. The number of halogens is 1. The fourth-order valence-electron chi connectivity index (χ4n) is 2.87. The second-order valence-corrected chi connectivity index (χ2v) is 5.55. The Morgan fingerprint density at radius 2 is 2.33 bits per heavy atom. The Morgan fingerprint density at radius 3 is 3.10 bits per heavy atom. The molecule has 0 saturated carbocycles. The molecule has 5 heteroatoms. The highest BCUT2D eigenvalue weighted by atomic mass is 19.1. The summed E-state index contributed by atoms with van der Waals surface area (Å²) in [6.45, 7) is 3.75. The highest BCUT2D eigenvalue weighted by Crippen LogP contribution is 2.29. The molecule has 118 valence electrons. The number of aliphatic hydroxyl groups excluding tert-OH is 1. The Hall–Kier alpha value is -1.17. The number of benzene rings is 1. The summed E-state index contributed by atoms with van der Waals surface area (Å²) < 4.78 is 19.3. The van der Waals surface area contributed by atoms with Crippen LogP contribution in [0.2, 0.25) is 0 Å². The van der Waals surface area contributed by atoms with Crippen LogP contribution in [0, 0.1) is 11.7 Å². The van der Waals surface area contributed by atoms with E-state index in [1.807, 2.05) is 6.07 Å². The molecule has 1 saturated heterocycles. The molecular weight excluding hydrogens is 271 g/mol. The molecule has 1 aliphatic heterocycles. The average molecular weight is 296 g/mol. The molecule has 1 aliphatic rings. The van der Waals surface area contributed by atoms with E-state index in [2.05, 4.69) is 10.2 Å². The van der Waals surface area contributed by atoms with E-state index in [1.165, 1.54) is 6.07 Å². The van der Waals surface area contributed by atoms with Gasteiger partial charge in [0.2, 0.25) is 0 Å². The fourth-order valence-corrected chi connectivity index (χ4v) is 2.87. The van der Waals surface area contributed by atoms with E-state index in [4.69, 9.17) is 4.74 Å². The molecular formula is C16H25FN2O2. The fraction of sp³-hybridized carbons (Fsp3) is 0.625. The van der Waals surface area contributed by atoms with Gasteiger partial charge in [0.15, 0.2) is 0 Å². The molecule has 2 rings (SSSR count). The van der Waals surface area contributed by atoms with E-state index in [-0.39, 0.29) is 18.3 Å². The minimum Gasteiger partial charge on any atom is -0.396 e. The molecule has 4 nitrogen and oxygen atoms in total. The summed E-state index contributed by atoms with van der Waals surface area (Å²) in [6.07, 6.45) is 2.01. The maximum atomic E-state index is 14.3. The highest BCUT2D eigenvalue weighted by Gasteiger charge is 2.23. The molecule has 0 aliphatic carbocycles. The number of ether oxygens (including phenoxy) is 1. The minimum absolute atomic E-state index is 0.173. The van der Waals surface area contributed by atoms with Crippen LogP contribution in [0.5, 0.6) is 0 Å². The number of anilines is 1. The lowest BCUT2D eigenvalue weighted by molar-refractivity contribution is 0.199. The molecule has 1 aromatic carbocycles. The zero-order valence-corrected chi connectivity index (χ0v) is 12.6. The number of hydrogen-bond acceptors (Lipinski definition) is 4. The SMILES string of the molecule is COCCNCc1cccc(F)c1N1CCCC(CO)C1. The van der Waals surface area contributed by atoms with Gasteiger partial charge >= 0.3 is 0 Å². The number of piperidine rings is 1. The Bertz CT molecular complexity index is 442. The predicted molar refractivity (Wildman–Crippen MR) is 82.0 cm³/mol. The van der Waals surface area contributed by atoms with Gasteiger partial charge in [-0.05, 0) is 30.4 Å². The van der Waals surface area contributed by atoms with Crippen LogP contribution in [0.15, 0.2) is 18.2 Å². The predicted octanol–water partition coefficient (Wildman–Crippen LogP) is 1.77. The van der Waals surface area contributed by atoms with Crippen LogP contribution < -0.4 is 10.2 Å². The summed E-state index contributed by atoms with van der Waals surface area (Å²) in [5.74, 6) is 0.0623. The summed E-state index contributed by atoms with van der Waals surface area (Å²) in [7, 11) is 1.66. The first-order chi connectivity index (χ1) is 10.3. The molecule has 2 N–H and O–H groups in total. The van der Waals surface area contributed by atoms with Gasteiger partial charge in [-0.3, -0.25) is 0 Å². The molecule has 1 heterocycles. The van der Waals surface area contributed by atoms with Gasteiger partial charge in [-0.15, -0.1) is 0 Å². The molecule has 1 fully saturated rings. The lowest BCUT2D eigenvalue weighted by Gasteiger charge is -2.35. The lowest BCUT2D eigenvalue weighted by atomic mass is 9.97. The van der Waals surface area contributed by atoms with Crippen molar-refractivity contribution in [2.24, 2.45) is 5.92 Å². The monoisotopic (exact) mass is 296 g/mol. The summed E-state index contributed by atoms with van der Waals surface area (Å²) >= 11 is 0. The van der Waals surface area contributed by atoms with E-state index in [0.717, 1.165) is 38.0 Å². The summed E-state index contributed by atoms with van der Waals surface area (Å²) in [5.41, 5.74) is 1.64. The number of nitrogens with zero attached hydrogens (tertiary/aromatic N) is 1. The van der Waals surface area contributed by atoms with Crippen molar-refractivity contribution < 1.29 is 14.2 Å². The molecule has 0 bridgehead atoms. The van der Waals surface area contributed by atoms with Gasteiger partial charge in [0, 0.05) is 39.9 Å². The highest BCUT2D eigenvalue weighted by molar-refractivity contribution is 5.55. The van der Waals surface area contributed by atoms with Crippen LogP contribution in [0.3, 0.4) is 0 Å². The molecule has 1 unspecified atom stereocenters. The summed E-state index contributed by atoms with van der Waals surface area (Å²) in [4.78, 5) is 2.08. The third-order valence-electron chi connectivity index (χ3n) is 3.96. The smallest absolute Gasteiger partial charge is 0.146 e. The first-order valence-corrected chi connectivity index (χ1v) is 7.59. The molecule has 1 aromatic rings. The van der Waals surface area contributed by atoms with Crippen LogP contribution in [-0.2, 0) is 11.3 Å². The molecule has 0 radical (unpaired) electrons.